The third kappa shape index (κ3) is 3.34. The van der Waals surface area contributed by atoms with Crippen LogP contribution in [0.15, 0.2) is 23.2 Å². The molecule has 0 N–H and O–H groups in total. The SMILES string of the molecule is C#CCn1c(=NC(=O)c2cc(C)n(CC)n2)sc2c(OC)ccc(OC)c21. The van der Waals surface area contributed by atoms with Crippen molar-refractivity contribution in [1.82, 2.24) is 14.3 Å². The van der Waals surface area contributed by atoms with Crippen LogP contribution in [0.4, 0.5) is 0 Å². The molecule has 1 aromatic carbocycles. The zero-order valence-electron chi connectivity index (χ0n) is 15.6. The molecule has 0 aliphatic carbocycles. The van der Waals surface area contributed by atoms with E-state index in [0.717, 1.165) is 15.9 Å². The monoisotopic (exact) mass is 384 g/mol. The van der Waals surface area contributed by atoms with E-state index in [9.17, 15) is 4.79 Å². The van der Waals surface area contributed by atoms with Crippen molar-refractivity contribution >= 4 is 27.5 Å². The summed E-state index contributed by atoms with van der Waals surface area (Å²) in [7, 11) is 3.18. The molecule has 0 aliphatic heterocycles. The lowest BCUT2D eigenvalue weighted by molar-refractivity contribution is 0.0992. The quantitative estimate of drug-likeness (QED) is 0.634. The van der Waals surface area contributed by atoms with Crippen LogP contribution in [0.1, 0.15) is 23.1 Å². The number of thiazole rings is 1. The van der Waals surface area contributed by atoms with Gasteiger partial charge in [0.2, 0.25) is 0 Å². The predicted octanol–water partition coefficient (Wildman–Crippen LogP) is 2.62. The number of fused-ring (bicyclic) bond motifs is 1. The maximum Gasteiger partial charge on any atom is 0.300 e. The second-order valence-corrected chi connectivity index (χ2v) is 6.70. The highest BCUT2D eigenvalue weighted by Gasteiger charge is 2.17. The first-order valence-corrected chi connectivity index (χ1v) is 9.17. The van der Waals surface area contributed by atoms with E-state index in [1.165, 1.54) is 11.3 Å². The number of carbonyl (C=O) groups is 1. The predicted molar refractivity (Wildman–Crippen MR) is 104 cm³/mol. The number of benzene rings is 1. The second kappa shape index (κ2) is 7.68. The minimum atomic E-state index is -0.416. The molecule has 3 aromatic rings. The van der Waals surface area contributed by atoms with Gasteiger partial charge in [-0.15, -0.1) is 6.42 Å². The molecule has 0 fully saturated rings. The van der Waals surface area contributed by atoms with Crippen LogP contribution in [0.5, 0.6) is 11.5 Å². The van der Waals surface area contributed by atoms with E-state index in [2.05, 4.69) is 16.0 Å². The molecule has 7 nitrogen and oxygen atoms in total. The van der Waals surface area contributed by atoms with Gasteiger partial charge in [0.25, 0.3) is 5.91 Å². The molecular weight excluding hydrogens is 364 g/mol. The maximum absolute atomic E-state index is 12.7. The summed E-state index contributed by atoms with van der Waals surface area (Å²) in [6, 6.07) is 5.35. The van der Waals surface area contributed by atoms with Gasteiger partial charge < -0.3 is 14.0 Å². The molecule has 0 aliphatic rings. The summed E-state index contributed by atoms with van der Waals surface area (Å²) in [5, 5.41) is 4.30. The summed E-state index contributed by atoms with van der Waals surface area (Å²) in [6.07, 6.45) is 5.54. The average Bonchev–Trinajstić information content (AvgIpc) is 3.22. The summed E-state index contributed by atoms with van der Waals surface area (Å²) < 4.78 is 15.3. The zero-order chi connectivity index (χ0) is 19.6. The number of aryl methyl sites for hydroxylation is 2. The molecule has 2 heterocycles. The van der Waals surface area contributed by atoms with Gasteiger partial charge in [-0.05, 0) is 32.0 Å². The van der Waals surface area contributed by atoms with Gasteiger partial charge in [-0.25, -0.2) is 0 Å². The number of amides is 1. The molecule has 3 rings (SSSR count). The Balaban J connectivity index is 2.23. The number of carbonyl (C=O) groups excluding carboxylic acids is 1. The lowest BCUT2D eigenvalue weighted by atomic mass is 10.3. The van der Waals surface area contributed by atoms with Crippen molar-refractivity contribution in [2.24, 2.45) is 4.99 Å². The Morgan fingerprint density at radius 3 is 2.63 bits per heavy atom. The van der Waals surface area contributed by atoms with Gasteiger partial charge in [-0.2, -0.15) is 10.1 Å². The van der Waals surface area contributed by atoms with Crippen molar-refractivity contribution in [2.45, 2.75) is 26.9 Å². The van der Waals surface area contributed by atoms with Crippen LogP contribution in [0.25, 0.3) is 10.2 Å². The van der Waals surface area contributed by atoms with Gasteiger partial charge in [0.15, 0.2) is 10.5 Å². The van der Waals surface area contributed by atoms with Crippen molar-refractivity contribution < 1.29 is 14.3 Å². The van der Waals surface area contributed by atoms with E-state index in [0.29, 0.717) is 28.5 Å². The Hall–Kier alpha value is -3.05. The van der Waals surface area contributed by atoms with Crippen molar-refractivity contribution in [1.29, 1.82) is 0 Å². The molecule has 0 saturated heterocycles. The molecule has 140 valence electrons. The average molecular weight is 384 g/mol. The number of rotatable bonds is 5. The largest absolute Gasteiger partial charge is 0.495 e. The summed E-state index contributed by atoms with van der Waals surface area (Å²) in [5.74, 6) is 3.50. The first kappa shape index (κ1) is 18.7. The van der Waals surface area contributed by atoms with E-state index in [1.807, 2.05) is 19.9 Å². The number of ether oxygens (including phenoxy) is 2. The Kier molecular flexibility index (Phi) is 5.33. The van der Waals surface area contributed by atoms with E-state index in [4.69, 9.17) is 15.9 Å². The van der Waals surface area contributed by atoms with Gasteiger partial charge in [0, 0.05) is 12.2 Å². The highest BCUT2D eigenvalue weighted by molar-refractivity contribution is 7.16. The van der Waals surface area contributed by atoms with E-state index in [1.54, 1.807) is 35.6 Å². The molecule has 0 saturated carbocycles. The first-order valence-electron chi connectivity index (χ1n) is 8.35. The highest BCUT2D eigenvalue weighted by atomic mass is 32.1. The number of terminal acetylenes is 1. The molecule has 0 spiro atoms. The topological polar surface area (TPSA) is 70.6 Å². The fourth-order valence-corrected chi connectivity index (χ4v) is 3.99. The lowest BCUT2D eigenvalue weighted by Crippen LogP contribution is -2.17. The van der Waals surface area contributed by atoms with Gasteiger partial charge in [-0.1, -0.05) is 17.3 Å². The van der Waals surface area contributed by atoms with Crippen LogP contribution >= 0.6 is 11.3 Å². The smallest absolute Gasteiger partial charge is 0.300 e. The van der Waals surface area contributed by atoms with Crippen LogP contribution in [-0.2, 0) is 13.1 Å². The minimum Gasteiger partial charge on any atom is -0.495 e. The standard InChI is InChI=1S/C19H20N4O3S/c1-6-10-22-16-14(25-4)8-9-15(26-5)17(16)27-19(22)20-18(24)13-11-12(3)23(7-2)21-13/h1,8-9,11H,7,10H2,2-5H3. The molecular formula is C19H20N4O3S. The lowest BCUT2D eigenvalue weighted by Gasteiger charge is -2.08. The number of methoxy groups -OCH3 is 2. The van der Waals surface area contributed by atoms with Crippen LogP contribution in [0.3, 0.4) is 0 Å². The zero-order valence-corrected chi connectivity index (χ0v) is 16.5. The van der Waals surface area contributed by atoms with Gasteiger partial charge >= 0.3 is 0 Å². The van der Waals surface area contributed by atoms with Crippen molar-refractivity contribution in [3.8, 4) is 23.8 Å². The van der Waals surface area contributed by atoms with Crippen LogP contribution in [0.2, 0.25) is 0 Å². The van der Waals surface area contributed by atoms with Crippen LogP contribution in [-0.4, -0.2) is 34.5 Å². The summed E-state index contributed by atoms with van der Waals surface area (Å²) in [6.45, 7) is 4.81. The van der Waals surface area contributed by atoms with Crippen LogP contribution < -0.4 is 14.3 Å². The normalized spacial score (nSPS) is 11.6. The fourth-order valence-electron chi connectivity index (χ4n) is 2.86. The van der Waals surface area contributed by atoms with Crippen molar-refractivity contribution in [3.05, 3.63) is 34.4 Å². The van der Waals surface area contributed by atoms with Crippen molar-refractivity contribution in [3.63, 3.8) is 0 Å². The third-order valence-electron chi connectivity index (χ3n) is 4.14. The van der Waals surface area contributed by atoms with Crippen LogP contribution in [0, 0.1) is 19.3 Å². The molecule has 0 radical (unpaired) electrons. The molecule has 0 bridgehead atoms. The Morgan fingerprint density at radius 1 is 1.33 bits per heavy atom. The number of hydrogen-bond donors (Lipinski definition) is 0. The highest BCUT2D eigenvalue weighted by Crippen LogP contribution is 2.35. The minimum absolute atomic E-state index is 0.248. The molecule has 27 heavy (non-hydrogen) atoms. The van der Waals surface area contributed by atoms with Gasteiger partial charge in [-0.3, -0.25) is 9.48 Å². The van der Waals surface area contributed by atoms with Crippen molar-refractivity contribution in [2.75, 3.05) is 14.2 Å². The van der Waals surface area contributed by atoms with E-state index >= 15 is 0 Å². The summed E-state index contributed by atoms with van der Waals surface area (Å²) in [4.78, 5) is 17.4. The van der Waals surface area contributed by atoms with E-state index < -0.39 is 5.91 Å². The molecule has 2 aromatic heterocycles. The number of aromatic nitrogens is 3. The number of nitrogens with zero attached hydrogens (tertiary/aromatic N) is 4. The third-order valence-corrected chi connectivity index (χ3v) is 5.23. The molecule has 0 unspecified atom stereocenters. The van der Waals surface area contributed by atoms with Gasteiger partial charge in [0.05, 0.1) is 20.8 Å². The molecule has 8 heteroatoms. The molecule has 1 amide bonds. The van der Waals surface area contributed by atoms with E-state index in [-0.39, 0.29) is 6.54 Å². The molecule has 0 atom stereocenters. The maximum atomic E-state index is 12.7. The Morgan fingerprint density at radius 2 is 2.04 bits per heavy atom. The first-order chi connectivity index (χ1) is 13.0. The Labute approximate surface area is 160 Å². The fraction of sp³-hybridized carbons (Fsp3) is 0.316. The number of hydrogen-bond acceptors (Lipinski definition) is 5. The summed E-state index contributed by atoms with van der Waals surface area (Å²) >= 11 is 1.32. The summed E-state index contributed by atoms with van der Waals surface area (Å²) in [5.41, 5.74) is 1.96. The second-order valence-electron chi connectivity index (χ2n) is 5.73. The van der Waals surface area contributed by atoms with Gasteiger partial charge in [0.1, 0.15) is 21.7 Å². The Bertz CT molecular complexity index is 1110.